The molecule has 0 radical (unpaired) electrons. The normalized spacial score (nSPS) is 11.0. The zero-order valence-electron chi connectivity index (χ0n) is 12.2. The number of fused-ring (bicyclic) bond motifs is 1. The zero-order valence-corrected chi connectivity index (χ0v) is 12.2. The van der Waals surface area contributed by atoms with Crippen LogP contribution in [0.15, 0.2) is 65.7 Å². The monoisotopic (exact) mass is 306 g/mol. The molecule has 4 aromatic rings. The van der Waals surface area contributed by atoms with E-state index in [-0.39, 0.29) is 5.75 Å². The van der Waals surface area contributed by atoms with E-state index >= 15 is 0 Å². The molecular weight excluding hydrogens is 292 g/mol. The molecule has 0 amide bonds. The smallest absolute Gasteiger partial charge is 0.157 e. The molecule has 0 unspecified atom stereocenters. The van der Waals surface area contributed by atoms with Gasteiger partial charge in [-0.3, -0.25) is 9.38 Å². The molecule has 0 aliphatic rings. The molecule has 0 saturated heterocycles. The highest BCUT2D eigenvalue weighted by molar-refractivity contribution is 5.79. The van der Waals surface area contributed by atoms with Gasteiger partial charge < -0.3 is 14.8 Å². The highest BCUT2D eigenvalue weighted by Gasteiger charge is 2.16. The Bertz CT molecular complexity index is 944. The van der Waals surface area contributed by atoms with Gasteiger partial charge in [0.25, 0.3) is 0 Å². The lowest BCUT2D eigenvalue weighted by Gasteiger charge is -2.08. The molecule has 23 heavy (non-hydrogen) atoms. The van der Waals surface area contributed by atoms with E-state index in [1.807, 2.05) is 34.9 Å². The van der Waals surface area contributed by atoms with Crippen LogP contribution in [0.25, 0.3) is 16.9 Å². The molecule has 0 atom stereocenters. The minimum absolute atomic E-state index is 0.185. The lowest BCUT2D eigenvalue weighted by atomic mass is 10.1. The summed E-state index contributed by atoms with van der Waals surface area (Å²) in [6, 6.07) is 10.9. The Hall–Kier alpha value is -3.28. The number of para-hydroxylation sites is 1. The van der Waals surface area contributed by atoms with Gasteiger partial charge in [-0.25, -0.2) is 4.98 Å². The van der Waals surface area contributed by atoms with Gasteiger partial charge in [-0.05, 0) is 24.3 Å². The number of nitrogens with zero attached hydrogens (tertiary/aromatic N) is 3. The third-order valence-corrected chi connectivity index (χ3v) is 3.60. The average molecular weight is 306 g/mol. The van der Waals surface area contributed by atoms with Crippen molar-refractivity contribution in [2.45, 2.75) is 6.54 Å². The van der Waals surface area contributed by atoms with Crippen LogP contribution in [0.2, 0.25) is 0 Å². The van der Waals surface area contributed by atoms with Crippen molar-refractivity contribution in [1.29, 1.82) is 0 Å². The highest BCUT2D eigenvalue weighted by atomic mass is 16.3. The van der Waals surface area contributed by atoms with Crippen molar-refractivity contribution in [2.24, 2.45) is 0 Å². The van der Waals surface area contributed by atoms with Crippen LogP contribution in [0.1, 0.15) is 5.76 Å². The number of phenolic OH excluding ortho intramolecular Hbond substituents is 1. The van der Waals surface area contributed by atoms with E-state index in [4.69, 9.17) is 4.42 Å². The van der Waals surface area contributed by atoms with E-state index in [9.17, 15) is 5.11 Å². The van der Waals surface area contributed by atoms with E-state index in [2.05, 4.69) is 15.3 Å². The van der Waals surface area contributed by atoms with E-state index in [1.165, 1.54) is 0 Å². The van der Waals surface area contributed by atoms with Crippen LogP contribution >= 0.6 is 0 Å². The number of phenols is 1. The van der Waals surface area contributed by atoms with Gasteiger partial charge in [0.15, 0.2) is 5.65 Å². The van der Waals surface area contributed by atoms with Gasteiger partial charge in [0, 0.05) is 18.0 Å². The summed E-state index contributed by atoms with van der Waals surface area (Å²) in [4.78, 5) is 8.69. The van der Waals surface area contributed by atoms with Gasteiger partial charge in [-0.1, -0.05) is 12.1 Å². The van der Waals surface area contributed by atoms with Gasteiger partial charge in [0.1, 0.15) is 23.0 Å². The summed E-state index contributed by atoms with van der Waals surface area (Å²) in [5.41, 5.74) is 2.04. The second-order valence-corrected chi connectivity index (χ2v) is 5.06. The zero-order chi connectivity index (χ0) is 15.6. The van der Waals surface area contributed by atoms with E-state index < -0.39 is 0 Å². The minimum atomic E-state index is 0.185. The summed E-state index contributed by atoms with van der Waals surface area (Å²) in [5.74, 6) is 1.78. The van der Waals surface area contributed by atoms with Crippen molar-refractivity contribution in [3.63, 3.8) is 0 Å². The highest BCUT2D eigenvalue weighted by Crippen LogP contribution is 2.34. The fraction of sp³-hybridized carbons (Fsp3) is 0.0588. The van der Waals surface area contributed by atoms with Gasteiger partial charge in [-0.2, -0.15) is 0 Å². The molecular formula is C17H14N4O2. The van der Waals surface area contributed by atoms with Crippen LogP contribution in [-0.2, 0) is 6.54 Å². The Labute approximate surface area is 132 Å². The Morgan fingerprint density at radius 2 is 2.09 bits per heavy atom. The lowest BCUT2D eigenvalue weighted by molar-refractivity contribution is 0.477. The van der Waals surface area contributed by atoms with E-state index in [0.717, 1.165) is 11.6 Å². The molecule has 2 N–H and O–H groups in total. The molecule has 6 heteroatoms. The van der Waals surface area contributed by atoms with Gasteiger partial charge in [-0.15, -0.1) is 0 Å². The summed E-state index contributed by atoms with van der Waals surface area (Å²) in [6.07, 6.45) is 6.85. The molecule has 0 fully saturated rings. The molecule has 0 aliphatic heterocycles. The van der Waals surface area contributed by atoms with Crippen molar-refractivity contribution in [2.75, 3.05) is 5.32 Å². The van der Waals surface area contributed by atoms with E-state index in [1.54, 1.807) is 30.8 Å². The van der Waals surface area contributed by atoms with Crippen LogP contribution in [0.4, 0.5) is 5.82 Å². The molecule has 0 saturated carbocycles. The van der Waals surface area contributed by atoms with Crippen LogP contribution in [-0.4, -0.2) is 19.5 Å². The van der Waals surface area contributed by atoms with Gasteiger partial charge >= 0.3 is 0 Å². The summed E-state index contributed by atoms with van der Waals surface area (Å²) in [6.45, 7) is 0.518. The van der Waals surface area contributed by atoms with Gasteiger partial charge in [0.05, 0.1) is 19.0 Å². The molecule has 3 heterocycles. The SMILES string of the molecule is Oc1ccccc1-c1nc2cnccn2c1NCc1ccco1. The van der Waals surface area contributed by atoms with Crippen LogP contribution in [0, 0.1) is 0 Å². The number of aromatic hydroxyl groups is 1. The average Bonchev–Trinajstić information content (AvgIpc) is 3.21. The third kappa shape index (κ3) is 2.40. The second-order valence-electron chi connectivity index (χ2n) is 5.06. The fourth-order valence-corrected chi connectivity index (χ4v) is 2.52. The first kappa shape index (κ1) is 13.4. The first-order chi connectivity index (χ1) is 11.3. The quantitative estimate of drug-likeness (QED) is 0.605. The maximum Gasteiger partial charge on any atom is 0.157 e. The maximum atomic E-state index is 10.2. The summed E-state index contributed by atoms with van der Waals surface area (Å²) in [5, 5.41) is 13.5. The lowest BCUT2D eigenvalue weighted by Crippen LogP contribution is -2.02. The Morgan fingerprint density at radius 1 is 1.17 bits per heavy atom. The van der Waals surface area contributed by atoms with Crippen molar-refractivity contribution >= 4 is 11.5 Å². The molecule has 0 spiro atoms. The summed E-state index contributed by atoms with van der Waals surface area (Å²) < 4.78 is 7.26. The topological polar surface area (TPSA) is 75.6 Å². The number of rotatable bonds is 4. The largest absolute Gasteiger partial charge is 0.507 e. The maximum absolute atomic E-state index is 10.2. The predicted molar refractivity (Wildman–Crippen MR) is 86.1 cm³/mol. The number of hydrogen-bond donors (Lipinski definition) is 2. The van der Waals surface area contributed by atoms with Crippen molar-refractivity contribution in [1.82, 2.24) is 14.4 Å². The van der Waals surface area contributed by atoms with Crippen molar-refractivity contribution in [3.8, 4) is 17.0 Å². The number of hydrogen-bond acceptors (Lipinski definition) is 5. The van der Waals surface area contributed by atoms with E-state index in [0.29, 0.717) is 23.4 Å². The predicted octanol–water partition coefficient (Wildman–Crippen LogP) is 3.31. The number of benzene rings is 1. The number of aromatic nitrogens is 3. The number of imidazole rings is 1. The first-order valence-electron chi connectivity index (χ1n) is 7.19. The standard InChI is InChI=1S/C17H14N4O2/c22-14-6-2-1-5-13(14)16-17(19-10-12-4-3-9-23-12)21-8-7-18-11-15(21)20-16/h1-9,11,19,22H,10H2. The number of anilines is 1. The molecule has 3 aromatic heterocycles. The fourth-order valence-electron chi connectivity index (χ4n) is 2.52. The molecule has 0 bridgehead atoms. The molecule has 0 aliphatic carbocycles. The van der Waals surface area contributed by atoms with Crippen LogP contribution < -0.4 is 5.32 Å². The van der Waals surface area contributed by atoms with Crippen molar-refractivity contribution in [3.05, 3.63) is 67.0 Å². The van der Waals surface area contributed by atoms with Gasteiger partial charge in [0.2, 0.25) is 0 Å². The van der Waals surface area contributed by atoms with Crippen LogP contribution in [0.3, 0.4) is 0 Å². The number of nitrogens with one attached hydrogen (secondary N) is 1. The molecule has 4 rings (SSSR count). The Morgan fingerprint density at radius 3 is 2.91 bits per heavy atom. The number of furan rings is 1. The molecule has 114 valence electrons. The third-order valence-electron chi connectivity index (χ3n) is 3.60. The molecule has 6 nitrogen and oxygen atoms in total. The summed E-state index contributed by atoms with van der Waals surface area (Å²) in [7, 11) is 0. The second kappa shape index (κ2) is 5.49. The van der Waals surface area contributed by atoms with Crippen LogP contribution in [0.5, 0.6) is 5.75 Å². The Kier molecular flexibility index (Phi) is 3.20. The Balaban J connectivity index is 1.83. The first-order valence-corrected chi connectivity index (χ1v) is 7.19. The van der Waals surface area contributed by atoms with Crippen molar-refractivity contribution < 1.29 is 9.52 Å². The minimum Gasteiger partial charge on any atom is -0.507 e. The summed E-state index contributed by atoms with van der Waals surface area (Å²) >= 11 is 0. The molecule has 1 aromatic carbocycles.